The van der Waals surface area contributed by atoms with Gasteiger partial charge in [-0.15, -0.1) is 0 Å². The van der Waals surface area contributed by atoms with Crippen LogP contribution >= 0.6 is 0 Å². The fourth-order valence-electron chi connectivity index (χ4n) is 3.80. The second-order valence-electron chi connectivity index (χ2n) is 7.52. The second kappa shape index (κ2) is 11.6. The molecule has 0 aliphatic carbocycles. The van der Waals surface area contributed by atoms with E-state index >= 15 is 0 Å². The van der Waals surface area contributed by atoms with Gasteiger partial charge in [-0.2, -0.15) is 0 Å². The molecule has 1 saturated heterocycles. The van der Waals surface area contributed by atoms with Crippen molar-refractivity contribution in [3.63, 3.8) is 0 Å². The Kier molecular flexibility index (Phi) is 8.62. The third-order valence-corrected chi connectivity index (χ3v) is 5.48. The topological polar surface area (TPSA) is 63.3 Å². The molecule has 7 heteroatoms. The minimum Gasteiger partial charge on any atom is -0.490 e. The summed E-state index contributed by atoms with van der Waals surface area (Å²) < 4.78 is 17.2. The highest BCUT2D eigenvalue weighted by atomic mass is 16.5. The van der Waals surface area contributed by atoms with Crippen molar-refractivity contribution >= 4 is 17.3 Å². The first-order chi connectivity index (χ1) is 15.6. The average Bonchev–Trinajstić information content (AvgIpc) is 2.82. The lowest BCUT2D eigenvalue weighted by Crippen LogP contribution is -2.46. The van der Waals surface area contributed by atoms with Gasteiger partial charge in [0.15, 0.2) is 11.5 Å². The molecule has 32 heavy (non-hydrogen) atoms. The minimum atomic E-state index is -0.223. The van der Waals surface area contributed by atoms with Gasteiger partial charge in [-0.05, 0) is 63.7 Å². The molecule has 0 atom stereocenters. The summed E-state index contributed by atoms with van der Waals surface area (Å²) in [6.45, 7) is 14.6. The molecule has 1 aliphatic heterocycles. The molecule has 3 rings (SSSR count). The lowest BCUT2D eigenvalue weighted by atomic mass is 10.1. The highest BCUT2D eigenvalue weighted by Gasteiger charge is 2.19. The molecule has 1 N–H and O–H groups in total. The number of carbonyl (C=O) groups excluding carboxylic acids is 1. The van der Waals surface area contributed by atoms with Crippen molar-refractivity contribution in [1.29, 1.82) is 0 Å². The number of hydrogen-bond donors (Lipinski definition) is 1. The molecule has 0 spiro atoms. The Morgan fingerprint density at radius 1 is 0.844 bits per heavy atom. The van der Waals surface area contributed by atoms with E-state index in [0.29, 0.717) is 42.6 Å². The Hall–Kier alpha value is -2.93. The van der Waals surface area contributed by atoms with E-state index in [2.05, 4.69) is 34.2 Å². The summed E-state index contributed by atoms with van der Waals surface area (Å²) in [6, 6.07) is 11.4. The molecule has 7 nitrogen and oxygen atoms in total. The van der Waals surface area contributed by atoms with Gasteiger partial charge in [0.1, 0.15) is 0 Å². The van der Waals surface area contributed by atoms with Crippen LogP contribution < -0.4 is 24.4 Å². The predicted molar refractivity (Wildman–Crippen MR) is 129 cm³/mol. The number of rotatable bonds is 10. The molecule has 1 amide bonds. The van der Waals surface area contributed by atoms with Gasteiger partial charge in [-0.3, -0.25) is 4.79 Å². The van der Waals surface area contributed by atoms with Crippen LogP contribution in [0.15, 0.2) is 36.4 Å². The summed E-state index contributed by atoms with van der Waals surface area (Å²) in [5, 5.41) is 2.98. The molecule has 0 radical (unpaired) electrons. The van der Waals surface area contributed by atoms with Crippen molar-refractivity contribution in [2.75, 3.05) is 62.8 Å². The zero-order valence-electron chi connectivity index (χ0n) is 19.6. The number of benzene rings is 2. The van der Waals surface area contributed by atoms with Crippen LogP contribution in [0.5, 0.6) is 17.2 Å². The smallest absolute Gasteiger partial charge is 0.255 e. The van der Waals surface area contributed by atoms with Crippen molar-refractivity contribution in [2.24, 2.45) is 0 Å². The Morgan fingerprint density at radius 2 is 1.41 bits per heavy atom. The summed E-state index contributed by atoms with van der Waals surface area (Å²) in [5.41, 5.74) is 2.38. The summed E-state index contributed by atoms with van der Waals surface area (Å²) >= 11 is 0. The van der Waals surface area contributed by atoms with Gasteiger partial charge in [0.2, 0.25) is 5.75 Å². The number of likely N-dealkylation sites (N-methyl/N-ethyl adjacent to an activating group) is 1. The van der Waals surface area contributed by atoms with E-state index in [0.717, 1.165) is 38.4 Å². The number of carbonyl (C=O) groups is 1. The van der Waals surface area contributed by atoms with Gasteiger partial charge in [0.25, 0.3) is 5.91 Å². The number of nitrogens with one attached hydrogen (secondary N) is 1. The number of ether oxygens (including phenoxy) is 3. The van der Waals surface area contributed by atoms with Crippen molar-refractivity contribution in [3.8, 4) is 17.2 Å². The first-order valence-electron chi connectivity index (χ1n) is 11.5. The molecule has 174 valence electrons. The van der Waals surface area contributed by atoms with Gasteiger partial charge in [-0.25, -0.2) is 0 Å². The lowest BCUT2D eigenvalue weighted by Gasteiger charge is -2.35. The maximum Gasteiger partial charge on any atom is 0.255 e. The van der Waals surface area contributed by atoms with Crippen LogP contribution in [0.2, 0.25) is 0 Å². The van der Waals surface area contributed by atoms with Crippen LogP contribution in [0.4, 0.5) is 11.4 Å². The number of amides is 1. The standard InChI is InChI=1S/C25H35N3O4/c1-5-27-13-15-28(16-14-27)21-11-9-20(10-12-21)26-25(29)19-17-22(30-6-2)24(32-8-4)23(18-19)31-7-3/h9-12,17-18H,5-8,13-16H2,1-4H3,(H,26,29). The summed E-state index contributed by atoms with van der Waals surface area (Å²) in [7, 11) is 0. The zero-order chi connectivity index (χ0) is 22.9. The van der Waals surface area contributed by atoms with E-state index < -0.39 is 0 Å². The van der Waals surface area contributed by atoms with Crippen LogP contribution in [0.1, 0.15) is 38.1 Å². The molecule has 2 aromatic carbocycles. The van der Waals surface area contributed by atoms with Crippen molar-refractivity contribution < 1.29 is 19.0 Å². The summed E-state index contributed by atoms with van der Waals surface area (Å²) in [5.74, 6) is 1.32. The molecule has 2 aromatic rings. The number of anilines is 2. The third-order valence-electron chi connectivity index (χ3n) is 5.48. The van der Waals surface area contributed by atoms with E-state index in [9.17, 15) is 4.79 Å². The Labute approximate surface area is 191 Å². The highest BCUT2D eigenvalue weighted by molar-refractivity contribution is 6.05. The summed E-state index contributed by atoms with van der Waals surface area (Å²) in [4.78, 5) is 17.8. The highest BCUT2D eigenvalue weighted by Crippen LogP contribution is 2.39. The van der Waals surface area contributed by atoms with E-state index in [1.165, 1.54) is 5.69 Å². The first kappa shape index (κ1) is 23.7. The van der Waals surface area contributed by atoms with Crippen molar-refractivity contribution in [2.45, 2.75) is 27.7 Å². The van der Waals surface area contributed by atoms with Crippen molar-refractivity contribution in [3.05, 3.63) is 42.0 Å². The van der Waals surface area contributed by atoms with E-state index in [4.69, 9.17) is 14.2 Å². The monoisotopic (exact) mass is 441 g/mol. The van der Waals surface area contributed by atoms with Gasteiger partial charge < -0.3 is 29.3 Å². The lowest BCUT2D eigenvalue weighted by molar-refractivity contribution is 0.102. The van der Waals surface area contributed by atoms with E-state index in [1.54, 1.807) is 12.1 Å². The summed E-state index contributed by atoms with van der Waals surface area (Å²) in [6.07, 6.45) is 0. The van der Waals surface area contributed by atoms with Crippen LogP contribution in [0.3, 0.4) is 0 Å². The maximum absolute atomic E-state index is 13.0. The predicted octanol–water partition coefficient (Wildman–Crippen LogP) is 4.28. The molecule has 1 heterocycles. The van der Waals surface area contributed by atoms with Gasteiger partial charge in [0.05, 0.1) is 19.8 Å². The molecular formula is C25H35N3O4. The molecule has 1 aliphatic rings. The first-order valence-corrected chi connectivity index (χ1v) is 11.5. The van der Waals surface area contributed by atoms with Gasteiger partial charge in [0, 0.05) is 43.1 Å². The number of hydrogen-bond acceptors (Lipinski definition) is 6. The second-order valence-corrected chi connectivity index (χ2v) is 7.52. The molecule has 0 aromatic heterocycles. The minimum absolute atomic E-state index is 0.223. The Morgan fingerprint density at radius 3 is 1.91 bits per heavy atom. The quantitative estimate of drug-likeness (QED) is 0.594. The largest absolute Gasteiger partial charge is 0.490 e. The fraction of sp³-hybridized carbons (Fsp3) is 0.480. The number of nitrogens with zero attached hydrogens (tertiary/aromatic N) is 2. The third kappa shape index (κ3) is 5.85. The molecule has 0 saturated carbocycles. The van der Waals surface area contributed by atoms with E-state index in [-0.39, 0.29) is 5.91 Å². The van der Waals surface area contributed by atoms with E-state index in [1.807, 2.05) is 32.9 Å². The van der Waals surface area contributed by atoms with Crippen LogP contribution in [-0.4, -0.2) is 63.4 Å². The van der Waals surface area contributed by atoms with Gasteiger partial charge in [-0.1, -0.05) is 6.92 Å². The SMILES string of the molecule is CCOc1cc(C(=O)Nc2ccc(N3CCN(CC)CC3)cc2)cc(OCC)c1OCC. The number of piperazine rings is 1. The Bertz CT molecular complexity index is 850. The molecule has 0 unspecified atom stereocenters. The fourth-order valence-corrected chi connectivity index (χ4v) is 3.80. The Balaban J connectivity index is 1.73. The average molecular weight is 442 g/mol. The molecule has 0 bridgehead atoms. The van der Waals surface area contributed by atoms with Gasteiger partial charge >= 0.3 is 0 Å². The van der Waals surface area contributed by atoms with Crippen LogP contribution in [0.25, 0.3) is 0 Å². The maximum atomic E-state index is 13.0. The van der Waals surface area contributed by atoms with Crippen LogP contribution in [-0.2, 0) is 0 Å². The molecule has 1 fully saturated rings. The van der Waals surface area contributed by atoms with Crippen LogP contribution in [0, 0.1) is 0 Å². The normalized spacial score (nSPS) is 14.2. The zero-order valence-corrected chi connectivity index (χ0v) is 19.6. The molecular weight excluding hydrogens is 406 g/mol. The van der Waals surface area contributed by atoms with Crippen molar-refractivity contribution in [1.82, 2.24) is 4.90 Å².